The van der Waals surface area contributed by atoms with Gasteiger partial charge in [-0.05, 0) is 25.0 Å². The largest absolute Gasteiger partial charge is 0.352 e. The lowest BCUT2D eigenvalue weighted by atomic mass is 9.90. The van der Waals surface area contributed by atoms with Gasteiger partial charge < -0.3 is 10.2 Å². The van der Waals surface area contributed by atoms with Gasteiger partial charge in [-0.1, -0.05) is 69.3 Å². The number of hydrogen-bond acceptors (Lipinski definition) is 3. The van der Waals surface area contributed by atoms with E-state index >= 15 is 0 Å². The molecule has 1 aliphatic rings. The van der Waals surface area contributed by atoms with Crippen molar-refractivity contribution < 1.29 is 9.59 Å². The zero-order valence-corrected chi connectivity index (χ0v) is 19.6. The molecule has 4 rings (SSSR count). The number of amides is 2. The van der Waals surface area contributed by atoms with Crippen LogP contribution in [0.4, 0.5) is 0 Å². The smallest absolute Gasteiger partial charge is 0.227 e. The lowest BCUT2D eigenvalue weighted by molar-refractivity contribution is -0.142. The SMILES string of the molecule is CC(C)(C)C(=O)N1CCC(C(=O)NCc2cn(-c3ccccc3)nc2-c2ccccc2)CC1. The van der Waals surface area contributed by atoms with Crippen LogP contribution in [0.1, 0.15) is 39.2 Å². The van der Waals surface area contributed by atoms with Crippen molar-refractivity contribution in [1.29, 1.82) is 0 Å². The molecule has 3 aromatic rings. The Balaban J connectivity index is 1.44. The molecule has 6 heteroatoms. The molecule has 1 saturated heterocycles. The summed E-state index contributed by atoms with van der Waals surface area (Å²) in [6.07, 6.45) is 3.38. The first-order chi connectivity index (χ1) is 15.8. The van der Waals surface area contributed by atoms with Crippen LogP contribution in [0.3, 0.4) is 0 Å². The molecule has 6 nitrogen and oxygen atoms in total. The average molecular weight is 445 g/mol. The molecule has 1 N–H and O–H groups in total. The predicted molar refractivity (Wildman–Crippen MR) is 130 cm³/mol. The van der Waals surface area contributed by atoms with Gasteiger partial charge in [0.15, 0.2) is 0 Å². The zero-order chi connectivity index (χ0) is 23.4. The van der Waals surface area contributed by atoms with Crippen LogP contribution in [-0.2, 0) is 16.1 Å². The van der Waals surface area contributed by atoms with Crippen LogP contribution >= 0.6 is 0 Å². The van der Waals surface area contributed by atoms with E-state index in [9.17, 15) is 9.59 Å². The molecule has 33 heavy (non-hydrogen) atoms. The molecule has 0 saturated carbocycles. The van der Waals surface area contributed by atoms with E-state index < -0.39 is 0 Å². The predicted octanol–water partition coefficient (Wildman–Crippen LogP) is 4.44. The van der Waals surface area contributed by atoms with Gasteiger partial charge in [0.25, 0.3) is 0 Å². The molecular formula is C27H32N4O2. The van der Waals surface area contributed by atoms with Gasteiger partial charge in [0.05, 0.1) is 11.4 Å². The second-order valence-electron chi connectivity index (χ2n) is 9.68. The Hall–Kier alpha value is -3.41. The molecule has 2 heterocycles. The van der Waals surface area contributed by atoms with Crippen LogP contribution in [0.5, 0.6) is 0 Å². The monoisotopic (exact) mass is 444 g/mol. The maximum absolute atomic E-state index is 12.9. The molecule has 0 spiro atoms. The van der Waals surface area contributed by atoms with Gasteiger partial charge >= 0.3 is 0 Å². The minimum atomic E-state index is -0.387. The van der Waals surface area contributed by atoms with Crippen LogP contribution < -0.4 is 5.32 Å². The summed E-state index contributed by atoms with van der Waals surface area (Å²) in [6, 6.07) is 20.0. The minimum absolute atomic E-state index is 0.0457. The van der Waals surface area contributed by atoms with E-state index in [0.717, 1.165) is 22.5 Å². The fourth-order valence-electron chi connectivity index (χ4n) is 4.24. The quantitative estimate of drug-likeness (QED) is 0.633. The first-order valence-electron chi connectivity index (χ1n) is 11.6. The van der Waals surface area contributed by atoms with Crippen LogP contribution in [0.15, 0.2) is 66.9 Å². The highest BCUT2D eigenvalue weighted by Gasteiger charge is 2.32. The average Bonchev–Trinajstić information content (AvgIpc) is 3.27. The first-order valence-corrected chi connectivity index (χ1v) is 11.6. The van der Waals surface area contributed by atoms with Crippen molar-refractivity contribution in [1.82, 2.24) is 20.0 Å². The molecule has 2 amide bonds. The molecular weight excluding hydrogens is 412 g/mol. The highest BCUT2D eigenvalue weighted by Crippen LogP contribution is 2.26. The number of carbonyl (C=O) groups excluding carboxylic acids is 2. The van der Waals surface area contributed by atoms with E-state index in [1.54, 1.807) is 0 Å². The Morgan fingerprint density at radius 2 is 1.58 bits per heavy atom. The van der Waals surface area contributed by atoms with Gasteiger partial charge in [-0.15, -0.1) is 0 Å². The van der Waals surface area contributed by atoms with Gasteiger partial charge in [0, 0.05) is 48.3 Å². The summed E-state index contributed by atoms with van der Waals surface area (Å²) in [6.45, 7) is 7.50. The number of nitrogens with one attached hydrogen (secondary N) is 1. The van der Waals surface area contributed by atoms with Gasteiger partial charge in [0.1, 0.15) is 0 Å². The highest BCUT2D eigenvalue weighted by atomic mass is 16.2. The van der Waals surface area contributed by atoms with Gasteiger partial charge in [-0.3, -0.25) is 9.59 Å². The standard InChI is InChI=1S/C27H32N4O2/c1-27(2,3)26(33)30-16-14-21(15-17-30)25(32)28-18-22-19-31(23-12-8-5-9-13-23)29-24(22)20-10-6-4-7-11-20/h4-13,19,21H,14-18H2,1-3H3,(H,28,32). The lowest BCUT2D eigenvalue weighted by Gasteiger charge is -2.35. The number of nitrogens with zero attached hydrogens (tertiary/aromatic N) is 3. The Labute approximate surface area is 195 Å². The fourth-order valence-corrected chi connectivity index (χ4v) is 4.24. The molecule has 1 fully saturated rings. The molecule has 0 bridgehead atoms. The number of rotatable bonds is 5. The number of carbonyl (C=O) groups is 2. The van der Waals surface area contributed by atoms with E-state index in [2.05, 4.69) is 5.32 Å². The van der Waals surface area contributed by atoms with Crippen molar-refractivity contribution in [3.63, 3.8) is 0 Å². The van der Waals surface area contributed by atoms with Gasteiger partial charge in [0.2, 0.25) is 11.8 Å². The van der Waals surface area contributed by atoms with Crippen molar-refractivity contribution >= 4 is 11.8 Å². The molecule has 0 aliphatic carbocycles. The maximum Gasteiger partial charge on any atom is 0.227 e. The summed E-state index contributed by atoms with van der Waals surface area (Å²) in [5, 5.41) is 7.94. The lowest BCUT2D eigenvalue weighted by Crippen LogP contribution is -2.46. The summed E-state index contributed by atoms with van der Waals surface area (Å²) in [5.41, 5.74) is 3.44. The van der Waals surface area contributed by atoms with Crippen LogP contribution in [0, 0.1) is 11.3 Å². The van der Waals surface area contributed by atoms with Crippen molar-refractivity contribution in [2.24, 2.45) is 11.3 Å². The Morgan fingerprint density at radius 3 is 2.18 bits per heavy atom. The summed E-state index contributed by atoms with van der Waals surface area (Å²) in [7, 11) is 0. The minimum Gasteiger partial charge on any atom is -0.352 e. The summed E-state index contributed by atoms with van der Waals surface area (Å²) < 4.78 is 1.86. The topological polar surface area (TPSA) is 67.2 Å². The molecule has 0 radical (unpaired) electrons. The second-order valence-corrected chi connectivity index (χ2v) is 9.68. The highest BCUT2D eigenvalue weighted by molar-refractivity contribution is 5.83. The van der Waals surface area contributed by atoms with Crippen molar-refractivity contribution in [2.45, 2.75) is 40.2 Å². The molecule has 2 aromatic carbocycles. The van der Waals surface area contributed by atoms with E-state index in [4.69, 9.17) is 5.10 Å². The number of piperidine rings is 1. The van der Waals surface area contributed by atoms with E-state index in [0.29, 0.717) is 32.5 Å². The number of likely N-dealkylation sites (tertiary alicyclic amines) is 1. The maximum atomic E-state index is 12.9. The van der Waals surface area contributed by atoms with Crippen molar-refractivity contribution in [3.8, 4) is 16.9 Å². The fraction of sp³-hybridized carbons (Fsp3) is 0.370. The first kappa shape index (κ1) is 22.8. The van der Waals surface area contributed by atoms with Gasteiger partial charge in [-0.2, -0.15) is 5.10 Å². The van der Waals surface area contributed by atoms with E-state index in [-0.39, 0.29) is 23.1 Å². The summed E-state index contributed by atoms with van der Waals surface area (Å²) in [5.74, 6) is 0.130. The van der Waals surface area contributed by atoms with E-state index in [1.807, 2.05) is 97.2 Å². The zero-order valence-electron chi connectivity index (χ0n) is 19.6. The third-order valence-corrected chi connectivity index (χ3v) is 6.11. The van der Waals surface area contributed by atoms with Crippen LogP contribution in [0.25, 0.3) is 16.9 Å². The summed E-state index contributed by atoms with van der Waals surface area (Å²) in [4.78, 5) is 27.3. The third kappa shape index (κ3) is 5.33. The number of hydrogen-bond donors (Lipinski definition) is 1. The number of para-hydroxylation sites is 1. The summed E-state index contributed by atoms with van der Waals surface area (Å²) >= 11 is 0. The van der Waals surface area contributed by atoms with Crippen LogP contribution in [-0.4, -0.2) is 39.6 Å². The number of aromatic nitrogens is 2. The Bertz CT molecular complexity index is 1090. The van der Waals surface area contributed by atoms with Crippen molar-refractivity contribution in [3.05, 3.63) is 72.4 Å². The number of benzene rings is 2. The van der Waals surface area contributed by atoms with Crippen LogP contribution in [0.2, 0.25) is 0 Å². The Kier molecular flexibility index (Phi) is 6.63. The van der Waals surface area contributed by atoms with Crippen molar-refractivity contribution in [2.75, 3.05) is 13.1 Å². The van der Waals surface area contributed by atoms with Gasteiger partial charge in [-0.25, -0.2) is 4.68 Å². The molecule has 1 aliphatic heterocycles. The molecule has 0 atom stereocenters. The molecule has 0 unspecified atom stereocenters. The molecule has 172 valence electrons. The molecule has 1 aromatic heterocycles. The third-order valence-electron chi connectivity index (χ3n) is 6.11. The van der Waals surface area contributed by atoms with E-state index in [1.165, 1.54) is 0 Å². The second kappa shape index (κ2) is 9.61. The normalized spacial score (nSPS) is 14.8. The Morgan fingerprint density at radius 1 is 0.970 bits per heavy atom.